The number of rotatable bonds is 8. The molecule has 2 N–H and O–H groups in total. The maximum atomic E-state index is 12.2. The van der Waals surface area contributed by atoms with Crippen LogP contribution < -0.4 is 10.6 Å². The Hall–Kier alpha value is -2.27. The van der Waals surface area contributed by atoms with Crippen molar-refractivity contribution in [3.05, 3.63) is 60.2 Å². The summed E-state index contributed by atoms with van der Waals surface area (Å²) in [6.07, 6.45) is 1.96. The number of para-hydroxylation sites is 1. The van der Waals surface area contributed by atoms with Crippen LogP contribution in [-0.2, 0) is 4.79 Å². The molecule has 4 nitrogen and oxygen atoms in total. The maximum absolute atomic E-state index is 12.2. The number of anilines is 1. The minimum Gasteiger partial charge on any atom is -0.352 e. The molecule has 2 aromatic carbocycles. The van der Waals surface area contributed by atoms with Crippen LogP contribution in [0, 0.1) is 0 Å². The number of unbranched alkanes of at least 4 members (excludes halogenated alkanes) is 1. The first kappa shape index (κ1) is 18.1. The van der Waals surface area contributed by atoms with E-state index in [0.29, 0.717) is 23.5 Å². The van der Waals surface area contributed by atoms with Crippen molar-refractivity contribution < 1.29 is 9.59 Å². The van der Waals surface area contributed by atoms with Gasteiger partial charge in [-0.2, -0.15) is 0 Å². The second kappa shape index (κ2) is 9.78. The molecule has 5 heteroatoms. The van der Waals surface area contributed by atoms with E-state index in [1.165, 1.54) is 11.8 Å². The van der Waals surface area contributed by atoms with E-state index in [4.69, 9.17) is 0 Å². The Morgan fingerprint density at radius 1 is 1.00 bits per heavy atom. The first-order valence-electron chi connectivity index (χ1n) is 8.05. The summed E-state index contributed by atoms with van der Waals surface area (Å²) in [6, 6.07) is 16.8. The lowest BCUT2D eigenvalue weighted by molar-refractivity contribution is -0.113. The van der Waals surface area contributed by atoms with E-state index >= 15 is 0 Å². The number of amides is 2. The van der Waals surface area contributed by atoms with E-state index in [-0.39, 0.29) is 11.8 Å². The molecule has 0 saturated carbocycles. The monoisotopic (exact) mass is 342 g/mol. The van der Waals surface area contributed by atoms with Gasteiger partial charge in [0.2, 0.25) is 5.91 Å². The topological polar surface area (TPSA) is 58.2 Å². The number of carbonyl (C=O) groups excluding carboxylic acids is 2. The van der Waals surface area contributed by atoms with Crippen LogP contribution in [0.25, 0.3) is 0 Å². The van der Waals surface area contributed by atoms with Gasteiger partial charge in [-0.15, -0.1) is 11.8 Å². The third kappa shape index (κ3) is 5.74. The van der Waals surface area contributed by atoms with Crippen LogP contribution in [0.5, 0.6) is 0 Å². The predicted molar refractivity (Wildman–Crippen MR) is 99.5 cm³/mol. The van der Waals surface area contributed by atoms with Gasteiger partial charge in [-0.1, -0.05) is 43.7 Å². The van der Waals surface area contributed by atoms with E-state index < -0.39 is 0 Å². The molecule has 2 rings (SSSR count). The number of carbonyl (C=O) groups is 2. The van der Waals surface area contributed by atoms with E-state index in [0.717, 1.165) is 17.7 Å². The Labute approximate surface area is 147 Å². The highest BCUT2D eigenvalue weighted by Gasteiger charge is 2.12. The standard InChI is InChI=1S/C19H22N2O2S/c1-2-3-13-20-19(23)16-11-7-8-12-17(16)21-18(22)14-24-15-9-5-4-6-10-15/h4-12H,2-3,13-14H2,1H3,(H,20,23)(H,21,22). The quantitative estimate of drug-likeness (QED) is 0.564. The SMILES string of the molecule is CCCCNC(=O)c1ccccc1NC(=O)CSc1ccccc1. The summed E-state index contributed by atoms with van der Waals surface area (Å²) < 4.78 is 0. The van der Waals surface area contributed by atoms with Crippen molar-refractivity contribution in [2.75, 3.05) is 17.6 Å². The molecule has 0 spiro atoms. The zero-order valence-electron chi connectivity index (χ0n) is 13.7. The molecule has 0 bridgehead atoms. The average Bonchev–Trinajstić information content (AvgIpc) is 2.61. The van der Waals surface area contributed by atoms with Gasteiger partial charge in [0.1, 0.15) is 0 Å². The lowest BCUT2D eigenvalue weighted by Gasteiger charge is -2.11. The van der Waals surface area contributed by atoms with Gasteiger partial charge in [0.05, 0.1) is 17.0 Å². The van der Waals surface area contributed by atoms with Gasteiger partial charge >= 0.3 is 0 Å². The largest absolute Gasteiger partial charge is 0.352 e. The summed E-state index contributed by atoms with van der Waals surface area (Å²) in [5, 5.41) is 5.71. The summed E-state index contributed by atoms with van der Waals surface area (Å²) in [5.41, 5.74) is 1.04. The van der Waals surface area contributed by atoms with Crippen molar-refractivity contribution in [1.29, 1.82) is 0 Å². The first-order valence-corrected chi connectivity index (χ1v) is 9.04. The smallest absolute Gasteiger partial charge is 0.253 e. The molecule has 0 aromatic heterocycles. The lowest BCUT2D eigenvalue weighted by atomic mass is 10.1. The summed E-state index contributed by atoms with van der Waals surface area (Å²) >= 11 is 1.47. The van der Waals surface area contributed by atoms with Crippen LogP contribution in [0.3, 0.4) is 0 Å². The van der Waals surface area contributed by atoms with Crippen LogP contribution in [0.15, 0.2) is 59.5 Å². The van der Waals surface area contributed by atoms with Crippen molar-refractivity contribution >= 4 is 29.3 Å². The van der Waals surface area contributed by atoms with Crippen LogP contribution in [0.2, 0.25) is 0 Å². The Morgan fingerprint density at radius 3 is 2.46 bits per heavy atom. The highest BCUT2D eigenvalue weighted by atomic mass is 32.2. The Morgan fingerprint density at radius 2 is 1.71 bits per heavy atom. The lowest BCUT2D eigenvalue weighted by Crippen LogP contribution is -2.26. The van der Waals surface area contributed by atoms with Gasteiger partial charge in [0, 0.05) is 11.4 Å². The fourth-order valence-electron chi connectivity index (χ4n) is 2.12. The molecule has 0 aliphatic heterocycles. The van der Waals surface area contributed by atoms with Gasteiger partial charge in [-0.3, -0.25) is 9.59 Å². The molecule has 0 fully saturated rings. The van der Waals surface area contributed by atoms with Crippen molar-refractivity contribution in [2.24, 2.45) is 0 Å². The molecule has 2 amide bonds. The molecule has 0 atom stereocenters. The molecule has 0 aliphatic carbocycles. The number of nitrogens with one attached hydrogen (secondary N) is 2. The zero-order valence-corrected chi connectivity index (χ0v) is 14.6. The molecule has 0 unspecified atom stereocenters. The van der Waals surface area contributed by atoms with E-state index in [1.54, 1.807) is 18.2 Å². The van der Waals surface area contributed by atoms with Crippen LogP contribution >= 0.6 is 11.8 Å². The van der Waals surface area contributed by atoms with Crippen molar-refractivity contribution in [1.82, 2.24) is 5.32 Å². The van der Waals surface area contributed by atoms with Gasteiger partial charge < -0.3 is 10.6 Å². The molecule has 126 valence electrons. The Kier molecular flexibility index (Phi) is 7.36. The first-order chi connectivity index (χ1) is 11.7. The van der Waals surface area contributed by atoms with E-state index in [2.05, 4.69) is 17.6 Å². The Bertz CT molecular complexity index is 674. The van der Waals surface area contributed by atoms with E-state index in [1.807, 2.05) is 36.4 Å². The minimum atomic E-state index is -0.157. The number of hydrogen-bond donors (Lipinski definition) is 2. The van der Waals surface area contributed by atoms with Crippen LogP contribution in [-0.4, -0.2) is 24.1 Å². The summed E-state index contributed by atoms with van der Waals surface area (Å²) in [4.78, 5) is 25.4. The van der Waals surface area contributed by atoms with Crippen molar-refractivity contribution in [3.63, 3.8) is 0 Å². The summed E-state index contributed by atoms with van der Waals surface area (Å²) in [7, 11) is 0. The van der Waals surface area contributed by atoms with E-state index in [9.17, 15) is 9.59 Å². The highest BCUT2D eigenvalue weighted by molar-refractivity contribution is 8.00. The van der Waals surface area contributed by atoms with Gasteiger partial charge in [-0.05, 0) is 30.7 Å². The third-order valence-electron chi connectivity index (χ3n) is 3.37. The van der Waals surface area contributed by atoms with Crippen LogP contribution in [0.4, 0.5) is 5.69 Å². The second-order valence-corrected chi connectivity index (χ2v) is 6.35. The molecule has 0 aliphatic rings. The van der Waals surface area contributed by atoms with Gasteiger partial charge in [0.15, 0.2) is 0 Å². The molecular formula is C19H22N2O2S. The average molecular weight is 342 g/mol. The molecule has 2 aromatic rings. The molecule has 0 heterocycles. The fourth-order valence-corrected chi connectivity index (χ4v) is 2.84. The summed E-state index contributed by atoms with van der Waals surface area (Å²) in [5.74, 6) is 0.0169. The highest BCUT2D eigenvalue weighted by Crippen LogP contribution is 2.19. The summed E-state index contributed by atoms with van der Waals surface area (Å²) in [6.45, 7) is 2.71. The molecule has 0 radical (unpaired) electrons. The van der Waals surface area contributed by atoms with Crippen molar-refractivity contribution in [2.45, 2.75) is 24.7 Å². The zero-order chi connectivity index (χ0) is 17.2. The van der Waals surface area contributed by atoms with Crippen LogP contribution in [0.1, 0.15) is 30.1 Å². The number of hydrogen-bond acceptors (Lipinski definition) is 3. The maximum Gasteiger partial charge on any atom is 0.253 e. The second-order valence-electron chi connectivity index (χ2n) is 5.30. The predicted octanol–water partition coefficient (Wildman–Crippen LogP) is 3.95. The normalized spacial score (nSPS) is 10.2. The van der Waals surface area contributed by atoms with Gasteiger partial charge in [0.25, 0.3) is 5.91 Å². The molecular weight excluding hydrogens is 320 g/mol. The molecule has 24 heavy (non-hydrogen) atoms. The number of benzene rings is 2. The van der Waals surface area contributed by atoms with Gasteiger partial charge in [-0.25, -0.2) is 0 Å². The number of thioether (sulfide) groups is 1. The van der Waals surface area contributed by atoms with Crippen molar-refractivity contribution in [3.8, 4) is 0 Å². The fraction of sp³-hybridized carbons (Fsp3) is 0.263. The minimum absolute atomic E-state index is 0.127. The Balaban J connectivity index is 1.94. The molecule has 0 saturated heterocycles. The third-order valence-corrected chi connectivity index (χ3v) is 4.39.